The SMILES string of the molecule is S=[n+]1oc(-c2ccccc2)cn1CN1CCOCC1. The molecule has 2 aromatic rings. The molecule has 1 saturated heterocycles. The molecule has 0 unspecified atom stereocenters. The van der Waals surface area contributed by atoms with Gasteiger partial charge >= 0.3 is 12.4 Å². The van der Waals surface area contributed by atoms with Gasteiger partial charge in [-0.25, -0.2) is 0 Å². The van der Waals surface area contributed by atoms with Gasteiger partial charge in [0.2, 0.25) is 5.76 Å². The van der Waals surface area contributed by atoms with Crippen LogP contribution < -0.4 is 3.90 Å². The molecule has 0 saturated carbocycles. The molecule has 1 aromatic carbocycles. The van der Waals surface area contributed by atoms with Crippen molar-refractivity contribution in [3.63, 3.8) is 0 Å². The van der Waals surface area contributed by atoms with E-state index in [9.17, 15) is 0 Å². The molecule has 1 aromatic heterocycles. The summed E-state index contributed by atoms with van der Waals surface area (Å²) in [5, 5.41) is 0. The van der Waals surface area contributed by atoms with Gasteiger partial charge in [0.05, 0.1) is 13.2 Å². The number of aromatic nitrogens is 2. The van der Waals surface area contributed by atoms with E-state index in [2.05, 4.69) is 4.90 Å². The van der Waals surface area contributed by atoms with Crippen molar-refractivity contribution in [2.24, 2.45) is 0 Å². The first kappa shape index (κ1) is 12.5. The van der Waals surface area contributed by atoms with Crippen molar-refractivity contribution in [3.05, 3.63) is 36.5 Å². The van der Waals surface area contributed by atoms with Crippen molar-refractivity contribution in [1.29, 1.82) is 0 Å². The highest BCUT2D eigenvalue weighted by Crippen LogP contribution is 2.16. The van der Waals surface area contributed by atoms with Crippen LogP contribution in [0.25, 0.3) is 11.3 Å². The predicted octanol–water partition coefficient (Wildman–Crippen LogP) is 1.57. The van der Waals surface area contributed by atoms with Gasteiger partial charge in [-0.15, -0.1) is 0 Å². The summed E-state index contributed by atoms with van der Waals surface area (Å²) in [5.74, 6) is 0.781. The van der Waals surface area contributed by atoms with Crippen molar-refractivity contribution < 1.29 is 13.2 Å². The standard InChI is InChI=1S/C13H16N3O2S/c19-16-15(11-14-6-8-17-9-7-14)10-13(18-16)12-4-2-1-3-5-12/h1-5,10H,6-9,11H2/q+1. The second kappa shape index (κ2) is 5.64. The van der Waals surface area contributed by atoms with E-state index in [0.29, 0.717) is 0 Å². The molecule has 1 aliphatic heterocycles. The first-order valence-corrected chi connectivity index (χ1v) is 6.68. The van der Waals surface area contributed by atoms with Gasteiger partial charge in [-0.3, -0.25) is 4.90 Å². The van der Waals surface area contributed by atoms with Crippen LogP contribution in [-0.4, -0.2) is 35.9 Å². The van der Waals surface area contributed by atoms with Crippen LogP contribution in [0.1, 0.15) is 0 Å². The van der Waals surface area contributed by atoms with Crippen molar-refractivity contribution in [2.45, 2.75) is 6.67 Å². The van der Waals surface area contributed by atoms with E-state index in [1.165, 1.54) is 3.90 Å². The van der Waals surface area contributed by atoms with Crippen LogP contribution in [0.2, 0.25) is 0 Å². The lowest BCUT2D eigenvalue weighted by molar-refractivity contribution is -0.731. The number of rotatable bonds is 3. The van der Waals surface area contributed by atoms with Crippen LogP contribution in [0.15, 0.2) is 41.1 Å². The van der Waals surface area contributed by atoms with Crippen molar-refractivity contribution in [3.8, 4) is 11.3 Å². The molecule has 100 valence electrons. The first-order chi connectivity index (χ1) is 9.33. The van der Waals surface area contributed by atoms with Crippen molar-refractivity contribution >= 4 is 12.4 Å². The normalized spacial score (nSPS) is 16.6. The van der Waals surface area contributed by atoms with Gasteiger partial charge in [-0.2, -0.15) is 4.52 Å². The maximum Gasteiger partial charge on any atom is 0.362 e. The number of morpholine rings is 1. The minimum Gasteiger partial charge on any atom is -0.379 e. The van der Waals surface area contributed by atoms with Crippen molar-refractivity contribution in [2.75, 3.05) is 26.3 Å². The van der Waals surface area contributed by atoms with Crippen LogP contribution in [0.5, 0.6) is 0 Å². The Morgan fingerprint density at radius 2 is 1.89 bits per heavy atom. The summed E-state index contributed by atoms with van der Waals surface area (Å²) in [6.07, 6.45) is 1.94. The Morgan fingerprint density at radius 3 is 2.63 bits per heavy atom. The molecule has 3 rings (SSSR count). The Labute approximate surface area is 116 Å². The second-order valence-electron chi connectivity index (χ2n) is 4.50. The third-order valence-electron chi connectivity index (χ3n) is 3.16. The molecule has 1 aliphatic rings. The molecule has 2 heterocycles. The number of benzene rings is 1. The second-order valence-corrected chi connectivity index (χ2v) is 4.81. The molecule has 0 radical (unpaired) electrons. The van der Waals surface area contributed by atoms with E-state index in [1.807, 2.05) is 41.2 Å². The lowest BCUT2D eigenvalue weighted by atomic mass is 10.2. The molecule has 0 atom stereocenters. The minimum atomic E-state index is 0.725. The molecular weight excluding hydrogens is 262 g/mol. The number of nitrogens with zero attached hydrogens (tertiary/aromatic N) is 3. The highest BCUT2D eigenvalue weighted by atomic mass is 32.1. The number of hydrogen-bond acceptors (Lipinski definition) is 4. The van der Waals surface area contributed by atoms with Crippen LogP contribution in [0.4, 0.5) is 0 Å². The Hall–Kier alpha value is -1.50. The van der Waals surface area contributed by atoms with Gasteiger partial charge in [-0.05, 0) is 0 Å². The summed E-state index contributed by atoms with van der Waals surface area (Å²) in [5.41, 5.74) is 1.03. The zero-order chi connectivity index (χ0) is 13.1. The summed E-state index contributed by atoms with van der Waals surface area (Å²) in [7, 11) is 0. The largest absolute Gasteiger partial charge is 0.379 e. The van der Waals surface area contributed by atoms with E-state index >= 15 is 0 Å². The van der Waals surface area contributed by atoms with E-state index in [4.69, 9.17) is 21.7 Å². The topological polar surface area (TPSA) is 36.4 Å². The fourth-order valence-corrected chi connectivity index (χ4v) is 2.29. The molecule has 0 bridgehead atoms. The molecule has 6 heteroatoms. The zero-order valence-corrected chi connectivity index (χ0v) is 11.4. The molecule has 0 amide bonds. The lowest BCUT2D eigenvalue weighted by Gasteiger charge is -2.24. The number of ether oxygens (including phenoxy) is 1. The maximum absolute atomic E-state index is 5.58. The molecular formula is C13H16N3O2S+. The maximum atomic E-state index is 5.58. The van der Waals surface area contributed by atoms with Crippen LogP contribution in [-0.2, 0) is 11.4 Å². The van der Waals surface area contributed by atoms with Gasteiger partial charge in [0.15, 0.2) is 3.90 Å². The van der Waals surface area contributed by atoms with E-state index in [-0.39, 0.29) is 0 Å². The van der Waals surface area contributed by atoms with Gasteiger partial charge in [0.1, 0.15) is 12.9 Å². The fourth-order valence-electron chi connectivity index (χ4n) is 2.11. The average molecular weight is 278 g/mol. The molecule has 0 N–H and O–H groups in total. The van der Waals surface area contributed by atoms with Gasteiger partial charge in [-0.1, -0.05) is 35.0 Å². The van der Waals surface area contributed by atoms with Crippen LogP contribution in [0, 0.1) is 0 Å². The smallest absolute Gasteiger partial charge is 0.362 e. The Balaban J connectivity index is 1.79. The van der Waals surface area contributed by atoms with Crippen molar-refractivity contribution in [1.82, 2.24) is 9.58 Å². The Bertz CT molecular complexity index is 587. The first-order valence-electron chi connectivity index (χ1n) is 6.32. The fraction of sp³-hybridized carbons (Fsp3) is 0.385. The summed E-state index contributed by atoms with van der Waals surface area (Å²) >= 11 is 5.20. The molecule has 1 fully saturated rings. The van der Waals surface area contributed by atoms with Gasteiger partial charge in [0.25, 0.3) is 0 Å². The van der Waals surface area contributed by atoms with Gasteiger partial charge < -0.3 is 4.74 Å². The van der Waals surface area contributed by atoms with Crippen LogP contribution in [0.3, 0.4) is 0 Å². The zero-order valence-electron chi connectivity index (χ0n) is 10.6. The summed E-state index contributed by atoms with van der Waals surface area (Å²) in [6.45, 7) is 4.13. The Morgan fingerprint density at radius 1 is 1.16 bits per heavy atom. The Kier molecular flexibility index (Phi) is 3.72. The summed E-state index contributed by atoms with van der Waals surface area (Å²) < 4.78 is 14.2. The third kappa shape index (κ3) is 2.91. The molecule has 19 heavy (non-hydrogen) atoms. The predicted molar refractivity (Wildman–Crippen MR) is 72.1 cm³/mol. The highest BCUT2D eigenvalue weighted by Gasteiger charge is 2.17. The number of hydrogen-bond donors (Lipinski definition) is 0. The highest BCUT2D eigenvalue weighted by molar-refractivity contribution is 7.66. The van der Waals surface area contributed by atoms with Gasteiger partial charge in [0, 0.05) is 18.7 Å². The monoisotopic (exact) mass is 278 g/mol. The quantitative estimate of drug-likeness (QED) is 0.799. The minimum absolute atomic E-state index is 0.725. The van der Waals surface area contributed by atoms with E-state index in [1.54, 1.807) is 0 Å². The lowest BCUT2D eigenvalue weighted by Crippen LogP contribution is -2.40. The molecule has 0 spiro atoms. The molecule has 0 aliphatic carbocycles. The summed E-state index contributed by atoms with van der Waals surface area (Å²) in [6, 6.07) is 9.96. The average Bonchev–Trinajstić information content (AvgIpc) is 2.82. The molecule has 5 nitrogen and oxygen atoms in total. The van der Waals surface area contributed by atoms with E-state index in [0.717, 1.165) is 44.3 Å². The third-order valence-corrected chi connectivity index (χ3v) is 3.44. The summed E-state index contributed by atoms with van der Waals surface area (Å²) in [4.78, 5) is 2.29. The van der Waals surface area contributed by atoms with E-state index < -0.39 is 0 Å². The van der Waals surface area contributed by atoms with Crippen LogP contribution >= 0.6 is 12.4 Å².